The molecule has 1 unspecified atom stereocenters. The van der Waals surface area contributed by atoms with Gasteiger partial charge in [0.15, 0.2) is 0 Å². The molecule has 0 radical (unpaired) electrons. The van der Waals surface area contributed by atoms with Crippen molar-refractivity contribution in [2.24, 2.45) is 11.7 Å². The van der Waals surface area contributed by atoms with Crippen molar-refractivity contribution in [3.05, 3.63) is 16.1 Å². The van der Waals surface area contributed by atoms with Crippen LogP contribution in [0.25, 0.3) is 0 Å². The fourth-order valence-electron chi connectivity index (χ4n) is 1.45. The number of rotatable bonds is 5. The number of aryl methyl sites for hydroxylation is 1. The zero-order chi connectivity index (χ0) is 10.6. The number of hydrogen-bond acceptors (Lipinski definition) is 3. The van der Waals surface area contributed by atoms with Gasteiger partial charge in [0.1, 0.15) is 0 Å². The van der Waals surface area contributed by atoms with Crippen molar-refractivity contribution in [2.45, 2.75) is 46.1 Å². The second-order valence-electron chi connectivity index (χ2n) is 4.15. The summed E-state index contributed by atoms with van der Waals surface area (Å²) in [5.74, 6) is 0.640. The van der Waals surface area contributed by atoms with Gasteiger partial charge >= 0.3 is 0 Å². The first kappa shape index (κ1) is 11.7. The molecule has 0 bridgehead atoms. The lowest BCUT2D eigenvalue weighted by Gasteiger charge is -2.10. The van der Waals surface area contributed by atoms with Gasteiger partial charge in [0.25, 0.3) is 0 Å². The highest BCUT2D eigenvalue weighted by atomic mass is 32.1. The van der Waals surface area contributed by atoms with E-state index < -0.39 is 0 Å². The second kappa shape index (κ2) is 5.47. The number of hydrogen-bond donors (Lipinski definition) is 1. The molecule has 80 valence electrons. The summed E-state index contributed by atoms with van der Waals surface area (Å²) in [5, 5.41) is 3.33. The van der Waals surface area contributed by atoms with Crippen LogP contribution in [0, 0.1) is 5.92 Å². The number of nitrogens with two attached hydrogens (primary N) is 1. The third-order valence-electron chi connectivity index (χ3n) is 2.14. The Hall–Kier alpha value is -0.410. The molecule has 0 amide bonds. The summed E-state index contributed by atoms with van der Waals surface area (Å²) in [6.45, 7) is 6.56. The van der Waals surface area contributed by atoms with E-state index in [-0.39, 0.29) is 6.04 Å². The summed E-state index contributed by atoms with van der Waals surface area (Å²) in [6, 6.07) is 0.122. The molecule has 0 fully saturated rings. The Morgan fingerprint density at radius 3 is 2.79 bits per heavy atom. The summed E-state index contributed by atoms with van der Waals surface area (Å²) < 4.78 is 0. The van der Waals surface area contributed by atoms with Gasteiger partial charge in [-0.25, -0.2) is 4.98 Å². The number of aromatic nitrogens is 1. The van der Waals surface area contributed by atoms with Crippen molar-refractivity contribution < 1.29 is 0 Å². The number of thiazole rings is 1. The molecule has 2 nitrogen and oxygen atoms in total. The van der Waals surface area contributed by atoms with Crippen LogP contribution in [0.15, 0.2) is 5.38 Å². The molecule has 0 aromatic carbocycles. The molecule has 1 heterocycles. The Balaban J connectivity index is 2.57. The standard InChI is InChI=1S/C11H20N2S/c1-4-5-11-13-10(7-14-11)9(12)6-8(2)3/h7-9H,4-6,12H2,1-3H3. The van der Waals surface area contributed by atoms with E-state index in [0.29, 0.717) is 5.92 Å². The van der Waals surface area contributed by atoms with E-state index in [4.69, 9.17) is 5.73 Å². The summed E-state index contributed by atoms with van der Waals surface area (Å²) in [7, 11) is 0. The SMILES string of the molecule is CCCc1nc(C(N)CC(C)C)cs1. The lowest BCUT2D eigenvalue weighted by molar-refractivity contribution is 0.503. The van der Waals surface area contributed by atoms with Crippen LogP contribution in [0.4, 0.5) is 0 Å². The highest BCUT2D eigenvalue weighted by Gasteiger charge is 2.11. The smallest absolute Gasteiger partial charge is 0.0928 e. The highest BCUT2D eigenvalue weighted by molar-refractivity contribution is 7.09. The van der Waals surface area contributed by atoms with E-state index in [1.165, 1.54) is 5.01 Å². The van der Waals surface area contributed by atoms with Crippen LogP contribution >= 0.6 is 11.3 Å². The van der Waals surface area contributed by atoms with Crippen LogP contribution < -0.4 is 5.73 Å². The van der Waals surface area contributed by atoms with Crippen molar-refractivity contribution in [3.63, 3.8) is 0 Å². The first-order valence-corrected chi connectivity index (χ1v) is 6.21. The van der Waals surface area contributed by atoms with Crippen molar-refractivity contribution in [3.8, 4) is 0 Å². The van der Waals surface area contributed by atoms with Gasteiger partial charge < -0.3 is 5.73 Å². The minimum Gasteiger partial charge on any atom is -0.323 e. The van der Waals surface area contributed by atoms with Crippen LogP contribution in [0.5, 0.6) is 0 Å². The summed E-state index contributed by atoms with van der Waals surface area (Å²) in [5.41, 5.74) is 7.13. The molecular weight excluding hydrogens is 192 g/mol. The maximum absolute atomic E-state index is 6.05. The topological polar surface area (TPSA) is 38.9 Å². The fourth-order valence-corrected chi connectivity index (χ4v) is 2.42. The van der Waals surface area contributed by atoms with Crippen molar-refractivity contribution in [1.29, 1.82) is 0 Å². The molecular formula is C11H20N2S. The predicted octanol–water partition coefficient (Wildman–Crippen LogP) is 3.14. The van der Waals surface area contributed by atoms with Gasteiger partial charge in [0, 0.05) is 11.4 Å². The highest BCUT2D eigenvalue weighted by Crippen LogP contribution is 2.21. The van der Waals surface area contributed by atoms with Crippen molar-refractivity contribution in [1.82, 2.24) is 4.98 Å². The summed E-state index contributed by atoms with van der Waals surface area (Å²) in [4.78, 5) is 4.55. The lowest BCUT2D eigenvalue weighted by atomic mass is 10.0. The predicted molar refractivity (Wildman–Crippen MR) is 62.5 cm³/mol. The minimum absolute atomic E-state index is 0.122. The maximum atomic E-state index is 6.05. The molecule has 0 aliphatic rings. The van der Waals surface area contributed by atoms with Crippen LogP contribution in [-0.2, 0) is 6.42 Å². The normalized spacial score (nSPS) is 13.5. The zero-order valence-electron chi connectivity index (χ0n) is 9.29. The molecule has 0 saturated carbocycles. The fraction of sp³-hybridized carbons (Fsp3) is 0.727. The second-order valence-corrected chi connectivity index (χ2v) is 5.09. The molecule has 0 aliphatic heterocycles. The van der Waals surface area contributed by atoms with Gasteiger partial charge in [-0.05, 0) is 25.2 Å². The monoisotopic (exact) mass is 212 g/mol. The van der Waals surface area contributed by atoms with Gasteiger partial charge in [-0.2, -0.15) is 0 Å². The van der Waals surface area contributed by atoms with E-state index in [9.17, 15) is 0 Å². The summed E-state index contributed by atoms with van der Waals surface area (Å²) >= 11 is 1.74. The first-order chi connectivity index (χ1) is 6.63. The van der Waals surface area contributed by atoms with Gasteiger partial charge in [-0.15, -0.1) is 11.3 Å². The Morgan fingerprint density at radius 2 is 2.21 bits per heavy atom. The Kier molecular flexibility index (Phi) is 4.55. The minimum atomic E-state index is 0.122. The van der Waals surface area contributed by atoms with Gasteiger partial charge in [-0.1, -0.05) is 20.8 Å². The molecule has 1 atom stereocenters. The van der Waals surface area contributed by atoms with Crippen LogP contribution in [0.1, 0.15) is 50.4 Å². The average molecular weight is 212 g/mol. The first-order valence-electron chi connectivity index (χ1n) is 5.33. The third kappa shape index (κ3) is 3.39. The van der Waals surface area contributed by atoms with Crippen LogP contribution in [-0.4, -0.2) is 4.98 Å². The quantitative estimate of drug-likeness (QED) is 0.814. The van der Waals surface area contributed by atoms with Gasteiger partial charge in [0.05, 0.1) is 10.7 Å². The third-order valence-corrected chi connectivity index (χ3v) is 3.07. The molecule has 1 aromatic heterocycles. The molecule has 14 heavy (non-hydrogen) atoms. The van der Waals surface area contributed by atoms with Gasteiger partial charge in [-0.3, -0.25) is 0 Å². The molecule has 0 aliphatic carbocycles. The zero-order valence-corrected chi connectivity index (χ0v) is 10.1. The Labute approximate surface area is 90.6 Å². The largest absolute Gasteiger partial charge is 0.323 e. The molecule has 1 aromatic rings. The van der Waals surface area contributed by atoms with Crippen LogP contribution in [0.3, 0.4) is 0 Å². The Bertz CT molecular complexity index is 268. The molecule has 0 spiro atoms. The molecule has 0 saturated heterocycles. The van der Waals surface area contributed by atoms with Crippen LogP contribution in [0.2, 0.25) is 0 Å². The number of nitrogens with zero attached hydrogens (tertiary/aromatic N) is 1. The molecule has 1 rings (SSSR count). The molecule has 3 heteroatoms. The van der Waals surface area contributed by atoms with Gasteiger partial charge in [0.2, 0.25) is 0 Å². The van der Waals surface area contributed by atoms with E-state index in [1.54, 1.807) is 11.3 Å². The lowest BCUT2D eigenvalue weighted by Crippen LogP contribution is -2.13. The van der Waals surface area contributed by atoms with E-state index in [1.807, 2.05) is 0 Å². The maximum Gasteiger partial charge on any atom is 0.0928 e. The average Bonchev–Trinajstić information content (AvgIpc) is 2.52. The summed E-state index contributed by atoms with van der Waals surface area (Å²) in [6.07, 6.45) is 3.26. The van der Waals surface area contributed by atoms with E-state index in [2.05, 4.69) is 31.1 Å². The molecule has 2 N–H and O–H groups in total. The van der Waals surface area contributed by atoms with Crippen molar-refractivity contribution >= 4 is 11.3 Å². The van der Waals surface area contributed by atoms with E-state index >= 15 is 0 Å². The van der Waals surface area contributed by atoms with Crippen molar-refractivity contribution in [2.75, 3.05) is 0 Å². The Morgan fingerprint density at radius 1 is 1.50 bits per heavy atom. The van der Waals surface area contributed by atoms with E-state index in [0.717, 1.165) is 25.0 Å².